The van der Waals surface area contributed by atoms with E-state index in [0.717, 1.165) is 24.0 Å². The zero-order valence-electron chi connectivity index (χ0n) is 22.5. The van der Waals surface area contributed by atoms with E-state index in [-0.39, 0.29) is 33.9 Å². The number of nitrogens with zero attached hydrogens (tertiary/aromatic N) is 2. The summed E-state index contributed by atoms with van der Waals surface area (Å²) >= 11 is 0. The van der Waals surface area contributed by atoms with E-state index in [1.165, 1.54) is 4.90 Å². The maximum atomic E-state index is 13.6. The molecule has 1 saturated carbocycles. The van der Waals surface area contributed by atoms with E-state index in [1.54, 1.807) is 49.3 Å². The van der Waals surface area contributed by atoms with E-state index in [1.807, 2.05) is 30.3 Å². The van der Waals surface area contributed by atoms with Crippen LogP contribution >= 0.6 is 0 Å². The quantitative estimate of drug-likeness (QED) is 0.482. The van der Waals surface area contributed by atoms with Crippen molar-refractivity contribution in [2.45, 2.75) is 30.8 Å². The number of rotatable bonds is 6. The fraction of sp³-hybridized carbons (Fsp3) is 0.323. The molecule has 6 rings (SSSR count). The first-order valence-corrected chi connectivity index (χ1v) is 13.4. The van der Waals surface area contributed by atoms with Crippen molar-refractivity contribution < 1.29 is 31.8 Å². The normalized spacial score (nSPS) is 18.4. The van der Waals surface area contributed by atoms with Crippen molar-refractivity contribution in [3.63, 3.8) is 0 Å². The van der Waals surface area contributed by atoms with Gasteiger partial charge in [-0.3, -0.25) is 14.4 Å². The zero-order chi connectivity index (χ0) is 28.0. The molecule has 9 heteroatoms. The van der Waals surface area contributed by atoms with Crippen LogP contribution in [0.4, 0.5) is 5.69 Å². The second kappa shape index (κ2) is 9.98. The molecule has 1 atom stereocenters. The molecule has 9 nitrogen and oxygen atoms in total. The monoisotopic (exact) mass is 545 g/mol. The lowest BCUT2D eigenvalue weighted by Crippen LogP contribution is -2.30. The SMILES string of the molecule is CN(C)C(=O)c1ccc(-c2cc(NC(=O)C3(c4ccc5c(c4)OCO5)CC3)ccc2C(=O)N2CC[C@@H](O)C2)cc1.[HH].[HH]. The Morgan fingerprint density at radius 3 is 2.42 bits per heavy atom. The summed E-state index contributed by atoms with van der Waals surface area (Å²) in [4.78, 5) is 42.6. The number of β-amino-alcohol motifs (C(OH)–C–C–N with tert-alkyl or cyclic N) is 1. The van der Waals surface area contributed by atoms with Gasteiger partial charge < -0.3 is 29.7 Å². The Hall–Kier alpha value is -4.37. The highest BCUT2D eigenvalue weighted by Crippen LogP contribution is 2.51. The summed E-state index contributed by atoms with van der Waals surface area (Å²) in [6.07, 6.45) is 1.45. The van der Waals surface area contributed by atoms with E-state index in [0.29, 0.717) is 46.8 Å². The topological polar surface area (TPSA) is 108 Å². The van der Waals surface area contributed by atoms with Crippen LogP contribution in [0.2, 0.25) is 0 Å². The number of nitrogens with one attached hydrogen (secondary N) is 1. The first-order valence-electron chi connectivity index (χ1n) is 13.4. The molecule has 0 bridgehead atoms. The van der Waals surface area contributed by atoms with Crippen LogP contribution in [0.15, 0.2) is 60.7 Å². The Bertz CT molecular complexity index is 1510. The molecule has 1 saturated heterocycles. The van der Waals surface area contributed by atoms with Crippen LogP contribution in [0.1, 0.15) is 48.4 Å². The predicted octanol–water partition coefficient (Wildman–Crippen LogP) is 4.15. The molecule has 2 N–H and O–H groups in total. The van der Waals surface area contributed by atoms with E-state index in [9.17, 15) is 19.5 Å². The fourth-order valence-corrected chi connectivity index (χ4v) is 5.41. The number of fused-ring (bicyclic) bond motifs is 1. The van der Waals surface area contributed by atoms with Gasteiger partial charge >= 0.3 is 0 Å². The Morgan fingerprint density at radius 1 is 1.00 bits per heavy atom. The van der Waals surface area contributed by atoms with Crippen LogP contribution in [0.25, 0.3) is 11.1 Å². The number of carbonyl (C=O) groups excluding carboxylic acids is 3. The maximum Gasteiger partial charge on any atom is 0.254 e. The molecular formula is C31H35N3O6. The van der Waals surface area contributed by atoms with Gasteiger partial charge in [0, 0.05) is 46.9 Å². The Morgan fingerprint density at radius 2 is 1.75 bits per heavy atom. The van der Waals surface area contributed by atoms with Crippen LogP contribution in [0.3, 0.4) is 0 Å². The molecule has 0 unspecified atom stereocenters. The van der Waals surface area contributed by atoms with Gasteiger partial charge in [0.25, 0.3) is 11.8 Å². The third-order valence-electron chi connectivity index (χ3n) is 7.92. The third kappa shape index (κ3) is 4.66. The van der Waals surface area contributed by atoms with Crippen LogP contribution in [0, 0.1) is 0 Å². The summed E-state index contributed by atoms with van der Waals surface area (Å²) in [5, 5.41) is 13.1. The number of hydrogen-bond acceptors (Lipinski definition) is 6. The molecule has 1 aliphatic carbocycles. The summed E-state index contributed by atoms with van der Waals surface area (Å²) in [6.45, 7) is 0.934. The van der Waals surface area contributed by atoms with Gasteiger partial charge in [0.05, 0.1) is 11.5 Å². The number of likely N-dealkylation sites (tertiary alicyclic amines) is 1. The lowest BCUT2D eigenvalue weighted by Gasteiger charge is -2.20. The second-order valence-electron chi connectivity index (χ2n) is 10.8. The Balaban J connectivity index is 0.00000202. The molecule has 3 aliphatic rings. The zero-order valence-corrected chi connectivity index (χ0v) is 22.5. The molecule has 2 heterocycles. The van der Waals surface area contributed by atoms with Crippen LogP contribution in [-0.4, -0.2) is 72.7 Å². The largest absolute Gasteiger partial charge is 0.454 e. The molecular weight excluding hydrogens is 510 g/mol. The van der Waals surface area contributed by atoms with Crippen molar-refractivity contribution in [2.75, 3.05) is 39.3 Å². The highest BCUT2D eigenvalue weighted by molar-refractivity contribution is 6.05. The molecule has 2 aliphatic heterocycles. The molecule has 0 radical (unpaired) electrons. The fourth-order valence-electron chi connectivity index (χ4n) is 5.41. The number of anilines is 1. The van der Waals surface area contributed by atoms with Crippen LogP contribution in [0.5, 0.6) is 11.5 Å². The first-order chi connectivity index (χ1) is 19.2. The minimum atomic E-state index is -0.643. The molecule has 210 valence electrons. The number of ether oxygens (including phenoxy) is 2. The summed E-state index contributed by atoms with van der Waals surface area (Å²) < 4.78 is 10.9. The summed E-state index contributed by atoms with van der Waals surface area (Å²) in [7, 11) is 3.39. The van der Waals surface area contributed by atoms with Crippen molar-refractivity contribution in [3.05, 3.63) is 77.4 Å². The summed E-state index contributed by atoms with van der Waals surface area (Å²) in [6, 6.07) is 18.0. The average molecular weight is 546 g/mol. The second-order valence-corrected chi connectivity index (χ2v) is 10.8. The van der Waals surface area contributed by atoms with Crippen LogP contribution < -0.4 is 14.8 Å². The van der Waals surface area contributed by atoms with Gasteiger partial charge in [-0.15, -0.1) is 0 Å². The van der Waals surface area contributed by atoms with E-state index >= 15 is 0 Å². The number of benzene rings is 3. The van der Waals surface area contributed by atoms with Crippen LogP contribution in [-0.2, 0) is 10.2 Å². The highest BCUT2D eigenvalue weighted by Gasteiger charge is 2.51. The smallest absolute Gasteiger partial charge is 0.254 e. The average Bonchev–Trinajstić information content (AvgIpc) is 3.44. The Kier molecular flexibility index (Phi) is 6.46. The van der Waals surface area contributed by atoms with Crippen molar-refractivity contribution in [2.24, 2.45) is 0 Å². The number of aliphatic hydroxyl groups excluding tert-OH is 1. The predicted molar refractivity (Wildman–Crippen MR) is 153 cm³/mol. The van der Waals surface area contributed by atoms with Crippen molar-refractivity contribution in [1.29, 1.82) is 0 Å². The standard InChI is InChI=1S/C31H31N3O6.2H2/c1-33(2)28(36)20-5-3-19(4-6-20)25-16-22(8-9-24(25)29(37)34-14-11-23(35)17-34)32-30(38)31(12-13-31)21-7-10-26-27(15-21)40-18-39-26;;/h3-10,15-16,23,35H,11-14,17-18H2,1-2H3,(H,32,38);2*1H/t23-;;/m1../s1. The van der Waals surface area contributed by atoms with Gasteiger partial charge in [-0.2, -0.15) is 0 Å². The van der Waals surface area contributed by atoms with E-state index in [4.69, 9.17) is 9.47 Å². The van der Waals surface area contributed by atoms with Crippen molar-refractivity contribution in [1.82, 2.24) is 9.80 Å². The van der Waals surface area contributed by atoms with Gasteiger partial charge in [-0.25, -0.2) is 0 Å². The van der Waals surface area contributed by atoms with Crippen molar-refractivity contribution >= 4 is 23.4 Å². The minimum absolute atomic E-state index is 0. The first kappa shape index (κ1) is 25.9. The lowest BCUT2D eigenvalue weighted by atomic mass is 9.93. The molecule has 0 aromatic heterocycles. The number of hydrogen-bond donors (Lipinski definition) is 2. The highest BCUT2D eigenvalue weighted by atomic mass is 16.7. The molecule has 0 spiro atoms. The number of amides is 3. The van der Waals surface area contributed by atoms with Gasteiger partial charge in [0.2, 0.25) is 12.7 Å². The summed E-state index contributed by atoms with van der Waals surface area (Å²) in [5.74, 6) is 0.898. The minimum Gasteiger partial charge on any atom is -0.454 e. The summed E-state index contributed by atoms with van der Waals surface area (Å²) in [5.41, 5.74) is 3.19. The van der Waals surface area contributed by atoms with Gasteiger partial charge in [0.1, 0.15) is 0 Å². The van der Waals surface area contributed by atoms with Gasteiger partial charge in [0.15, 0.2) is 11.5 Å². The molecule has 40 heavy (non-hydrogen) atoms. The molecule has 2 fully saturated rings. The van der Waals surface area contributed by atoms with E-state index < -0.39 is 11.5 Å². The number of carbonyl (C=O) groups is 3. The van der Waals surface area contributed by atoms with Gasteiger partial charge in [-0.05, 0) is 78.4 Å². The molecule has 3 aromatic rings. The van der Waals surface area contributed by atoms with Crippen molar-refractivity contribution in [3.8, 4) is 22.6 Å². The Labute approximate surface area is 235 Å². The van der Waals surface area contributed by atoms with E-state index in [2.05, 4.69) is 5.32 Å². The molecule has 3 amide bonds. The maximum absolute atomic E-state index is 13.6. The lowest BCUT2D eigenvalue weighted by molar-refractivity contribution is -0.118. The van der Waals surface area contributed by atoms with Gasteiger partial charge in [-0.1, -0.05) is 18.2 Å². The molecule has 3 aromatic carbocycles. The third-order valence-corrected chi connectivity index (χ3v) is 7.92. The number of aliphatic hydroxyl groups is 1.